The summed E-state index contributed by atoms with van der Waals surface area (Å²) in [6.07, 6.45) is 6.34. The lowest BCUT2D eigenvalue weighted by molar-refractivity contribution is -0.148. The largest absolute Gasteiger partial charge is 0.347 e. The highest BCUT2D eigenvalue weighted by Crippen LogP contribution is 2.60. The normalized spacial score (nSPS) is 31.0. The highest BCUT2D eigenvalue weighted by molar-refractivity contribution is 7.89. The minimum Gasteiger partial charge on any atom is -0.347 e. The van der Waals surface area contributed by atoms with Gasteiger partial charge in [0.15, 0.2) is 17.5 Å². The Morgan fingerprint density at radius 3 is 2.03 bits per heavy atom. The lowest BCUT2D eigenvalue weighted by Gasteiger charge is -2.55. The standard InChI is InChI=1S/C23H28F3N3O4S/c24-17-1-2-18(21(26)20(17)25)34(32,33)29-5-3-28(4-6-29)19(30)13-27-22(31)23-10-14-7-15(11-23)9-16(8-14)12-23/h1-2,14-16H,3-13H2,(H,27,31). The van der Waals surface area contributed by atoms with Crippen LogP contribution in [0.4, 0.5) is 13.2 Å². The van der Waals surface area contributed by atoms with E-state index >= 15 is 0 Å². The summed E-state index contributed by atoms with van der Waals surface area (Å²) in [6, 6.07) is 1.26. The van der Waals surface area contributed by atoms with Gasteiger partial charge in [0.25, 0.3) is 0 Å². The van der Waals surface area contributed by atoms with Crippen LogP contribution in [0.5, 0.6) is 0 Å². The molecule has 1 aromatic carbocycles. The fraction of sp³-hybridized carbons (Fsp3) is 0.652. The molecule has 1 aliphatic heterocycles. The van der Waals surface area contributed by atoms with Crippen LogP contribution in [0.2, 0.25) is 0 Å². The van der Waals surface area contributed by atoms with Crippen LogP contribution in [-0.2, 0) is 19.6 Å². The lowest BCUT2D eigenvalue weighted by atomic mass is 9.49. The van der Waals surface area contributed by atoms with Gasteiger partial charge >= 0.3 is 0 Å². The fourth-order valence-electron chi connectivity index (χ4n) is 6.87. The highest BCUT2D eigenvalue weighted by Gasteiger charge is 2.54. The Balaban J connectivity index is 1.16. The second kappa shape index (κ2) is 8.51. The van der Waals surface area contributed by atoms with Crippen molar-refractivity contribution in [3.63, 3.8) is 0 Å². The molecule has 5 aliphatic rings. The molecule has 7 nitrogen and oxygen atoms in total. The first-order valence-electron chi connectivity index (χ1n) is 11.8. The molecule has 0 aromatic heterocycles. The van der Waals surface area contributed by atoms with Crippen molar-refractivity contribution in [1.82, 2.24) is 14.5 Å². The van der Waals surface area contributed by atoms with E-state index in [1.54, 1.807) is 0 Å². The zero-order valence-corrected chi connectivity index (χ0v) is 19.6. The molecule has 0 spiro atoms. The van der Waals surface area contributed by atoms with Crippen LogP contribution in [0, 0.1) is 40.6 Å². The smallest absolute Gasteiger partial charge is 0.246 e. The Morgan fingerprint density at radius 2 is 1.47 bits per heavy atom. The van der Waals surface area contributed by atoms with Crippen LogP contribution < -0.4 is 5.32 Å². The highest BCUT2D eigenvalue weighted by atomic mass is 32.2. The number of nitrogens with one attached hydrogen (secondary N) is 1. The number of hydrogen-bond donors (Lipinski definition) is 1. The van der Waals surface area contributed by atoms with Crippen LogP contribution in [-0.4, -0.2) is 62.2 Å². The average molecular weight is 500 g/mol. The van der Waals surface area contributed by atoms with Gasteiger partial charge in [0.2, 0.25) is 21.8 Å². The van der Waals surface area contributed by atoms with Gasteiger partial charge in [0, 0.05) is 31.6 Å². The van der Waals surface area contributed by atoms with Crippen molar-refractivity contribution in [1.29, 1.82) is 0 Å². The van der Waals surface area contributed by atoms with Crippen molar-refractivity contribution in [2.24, 2.45) is 23.2 Å². The van der Waals surface area contributed by atoms with E-state index in [1.807, 2.05) is 0 Å². The Hall–Kier alpha value is -2.14. The molecule has 5 fully saturated rings. The topological polar surface area (TPSA) is 86.8 Å². The Morgan fingerprint density at radius 1 is 0.912 bits per heavy atom. The van der Waals surface area contributed by atoms with E-state index < -0.39 is 32.4 Å². The van der Waals surface area contributed by atoms with E-state index in [9.17, 15) is 31.2 Å². The van der Waals surface area contributed by atoms with E-state index in [0.717, 1.165) is 23.6 Å². The summed E-state index contributed by atoms with van der Waals surface area (Å²) in [6.45, 7) is -0.275. The summed E-state index contributed by atoms with van der Waals surface area (Å²) in [5, 5.41) is 2.83. The number of carbonyl (C=O) groups excluding carboxylic acids is 2. The zero-order chi connectivity index (χ0) is 24.3. The Kier molecular flexibility index (Phi) is 5.91. The molecule has 2 amide bonds. The SMILES string of the molecule is O=C(CNC(=O)C12CC3CC(CC(C3)C1)C2)N1CCN(S(=O)(=O)c2ccc(F)c(F)c2F)CC1. The molecule has 6 rings (SSSR count). The number of amides is 2. The van der Waals surface area contributed by atoms with E-state index in [4.69, 9.17) is 0 Å². The summed E-state index contributed by atoms with van der Waals surface area (Å²) in [7, 11) is -4.39. The monoisotopic (exact) mass is 499 g/mol. The molecule has 0 unspecified atom stereocenters. The number of piperazine rings is 1. The summed E-state index contributed by atoms with van der Waals surface area (Å²) >= 11 is 0. The molecular formula is C23H28F3N3O4S. The predicted octanol–water partition coefficient (Wildman–Crippen LogP) is 2.27. The second-order valence-corrected chi connectivity index (χ2v) is 12.2. The molecule has 0 atom stereocenters. The van der Waals surface area contributed by atoms with E-state index in [2.05, 4.69) is 5.32 Å². The van der Waals surface area contributed by atoms with Crippen LogP contribution in [0.25, 0.3) is 0 Å². The maximum atomic E-state index is 14.0. The first kappa shape index (κ1) is 23.6. The van der Waals surface area contributed by atoms with Gasteiger partial charge in [0.1, 0.15) is 4.90 Å². The number of nitrogens with zero attached hydrogens (tertiary/aromatic N) is 2. The summed E-state index contributed by atoms with van der Waals surface area (Å²) in [4.78, 5) is 26.2. The van der Waals surface area contributed by atoms with Gasteiger partial charge in [-0.3, -0.25) is 9.59 Å². The van der Waals surface area contributed by atoms with Gasteiger partial charge in [-0.2, -0.15) is 4.31 Å². The zero-order valence-electron chi connectivity index (χ0n) is 18.7. The first-order valence-corrected chi connectivity index (χ1v) is 13.2. The van der Waals surface area contributed by atoms with Crippen molar-refractivity contribution in [2.45, 2.75) is 43.4 Å². The van der Waals surface area contributed by atoms with Gasteiger partial charge < -0.3 is 10.2 Å². The van der Waals surface area contributed by atoms with Crippen molar-refractivity contribution in [3.8, 4) is 0 Å². The third kappa shape index (κ3) is 4.00. The molecule has 1 saturated heterocycles. The molecule has 4 bridgehead atoms. The van der Waals surface area contributed by atoms with Crippen molar-refractivity contribution < 1.29 is 31.2 Å². The number of halogens is 3. The van der Waals surface area contributed by atoms with Gasteiger partial charge in [-0.25, -0.2) is 21.6 Å². The Labute approximate surface area is 196 Å². The van der Waals surface area contributed by atoms with Crippen molar-refractivity contribution >= 4 is 21.8 Å². The summed E-state index contributed by atoms with van der Waals surface area (Å²) in [5.74, 6) is -3.59. The number of rotatable bonds is 5. The van der Waals surface area contributed by atoms with Gasteiger partial charge in [0.05, 0.1) is 6.54 Å². The van der Waals surface area contributed by atoms with E-state index in [0.29, 0.717) is 29.9 Å². The van der Waals surface area contributed by atoms with Gasteiger partial charge in [-0.15, -0.1) is 0 Å². The van der Waals surface area contributed by atoms with Crippen molar-refractivity contribution in [3.05, 3.63) is 29.6 Å². The molecule has 1 aromatic rings. The molecule has 1 heterocycles. The molecule has 11 heteroatoms. The molecule has 0 radical (unpaired) electrons. The number of carbonyl (C=O) groups is 2. The van der Waals surface area contributed by atoms with Crippen LogP contribution >= 0.6 is 0 Å². The van der Waals surface area contributed by atoms with Crippen LogP contribution in [0.1, 0.15) is 38.5 Å². The third-order valence-corrected chi connectivity index (χ3v) is 10.0. The second-order valence-electron chi connectivity index (χ2n) is 10.3. The minimum absolute atomic E-state index is 0.0463. The van der Waals surface area contributed by atoms with Gasteiger partial charge in [-0.1, -0.05) is 0 Å². The van der Waals surface area contributed by atoms with Gasteiger partial charge in [-0.05, 0) is 68.4 Å². The van der Waals surface area contributed by atoms with Crippen molar-refractivity contribution in [2.75, 3.05) is 32.7 Å². The quantitative estimate of drug-likeness (QED) is 0.630. The number of benzene rings is 1. The number of sulfonamides is 1. The molecule has 4 saturated carbocycles. The van der Waals surface area contributed by atoms with E-state index in [1.165, 1.54) is 24.2 Å². The molecule has 34 heavy (non-hydrogen) atoms. The van der Waals surface area contributed by atoms with E-state index in [-0.39, 0.29) is 50.0 Å². The third-order valence-electron chi connectivity index (χ3n) is 8.13. The minimum atomic E-state index is -4.39. The Bertz CT molecular complexity index is 1080. The first-order chi connectivity index (χ1) is 16.1. The molecule has 186 valence electrons. The number of hydrogen-bond acceptors (Lipinski definition) is 4. The molecular weight excluding hydrogens is 471 g/mol. The average Bonchev–Trinajstić information content (AvgIpc) is 2.80. The molecule has 4 aliphatic carbocycles. The van der Waals surface area contributed by atoms with Crippen LogP contribution in [0.15, 0.2) is 17.0 Å². The van der Waals surface area contributed by atoms with Crippen LogP contribution in [0.3, 0.4) is 0 Å². The fourth-order valence-corrected chi connectivity index (χ4v) is 8.35. The maximum Gasteiger partial charge on any atom is 0.246 e. The predicted molar refractivity (Wildman–Crippen MR) is 115 cm³/mol. The lowest BCUT2D eigenvalue weighted by Crippen LogP contribution is -2.56. The summed E-state index contributed by atoms with van der Waals surface area (Å²) in [5.41, 5.74) is -0.351. The summed E-state index contributed by atoms with van der Waals surface area (Å²) < 4.78 is 67.1. The maximum absolute atomic E-state index is 14.0. The molecule has 1 N–H and O–H groups in total.